The van der Waals surface area contributed by atoms with Crippen molar-refractivity contribution < 1.29 is 0 Å². The average molecular weight is 255 g/mol. The van der Waals surface area contributed by atoms with Crippen molar-refractivity contribution in [3.63, 3.8) is 0 Å². The standard InChI is InChI=1S/C16H21N3/c1-3-4-5-13-10-14(19-16(18)15(13)17)12-8-6-11(2)7-9-12/h6-10H,3-5,17H2,1-2H3,(H2,18,19). The molecule has 0 spiro atoms. The van der Waals surface area contributed by atoms with Crippen LogP contribution in [0.1, 0.15) is 30.9 Å². The molecule has 3 heteroatoms. The number of benzene rings is 1. The zero-order valence-electron chi connectivity index (χ0n) is 11.6. The molecule has 0 aliphatic carbocycles. The minimum atomic E-state index is 0.434. The fourth-order valence-corrected chi connectivity index (χ4v) is 2.08. The van der Waals surface area contributed by atoms with E-state index in [-0.39, 0.29) is 0 Å². The van der Waals surface area contributed by atoms with Crippen LogP contribution in [0.4, 0.5) is 11.5 Å². The van der Waals surface area contributed by atoms with E-state index in [2.05, 4.69) is 49.2 Å². The summed E-state index contributed by atoms with van der Waals surface area (Å²) in [6, 6.07) is 10.4. The van der Waals surface area contributed by atoms with Crippen molar-refractivity contribution >= 4 is 11.5 Å². The van der Waals surface area contributed by atoms with Crippen molar-refractivity contribution in [2.45, 2.75) is 33.1 Å². The summed E-state index contributed by atoms with van der Waals surface area (Å²) in [7, 11) is 0. The second-order valence-corrected chi connectivity index (χ2v) is 4.94. The Morgan fingerprint density at radius 3 is 2.42 bits per heavy atom. The van der Waals surface area contributed by atoms with Crippen LogP contribution in [0.25, 0.3) is 11.3 Å². The Hall–Kier alpha value is -2.03. The van der Waals surface area contributed by atoms with E-state index in [4.69, 9.17) is 11.5 Å². The van der Waals surface area contributed by atoms with E-state index in [1.54, 1.807) is 0 Å². The van der Waals surface area contributed by atoms with Crippen LogP contribution >= 0.6 is 0 Å². The van der Waals surface area contributed by atoms with Crippen LogP contribution in [0, 0.1) is 6.92 Å². The van der Waals surface area contributed by atoms with Crippen molar-refractivity contribution in [3.8, 4) is 11.3 Å². The van der Waals surface area contributed by atoms with E-state index in [1.807, 2.05) is 0 Å². The van der Waals surface area contributed by atoms with Crippen LogP contribution in [-0.4, -0.2) is 4.98 Å². The summed E-state index contributed by atoms with van der Waals surface area (Å²) >= 11 is 0. The van der Waals surface area contributed by atoms with Gasteiger partial charge in [0.25, 0.3) is 0 Å². The Morgan fingerprint density at radius 2 is 1.79 bits per heavy atom. The normalized spacial score (nSPS) is 10.6. The van der Waals surface area contributed by atoms with Crippen molar-refractivity contribution in [2.24, 2.45) is 0 Å². The molecule has 1 aromatic carbocycles. The molecule has 0 aliphatic rings. The maximum Gasteiger partial charge on any atom is 0.147 e. The van der Waals surface area contributed by atoms with Gasteiger partial charge in [-0.2, -0.15) is 0 Å². The summed E-state index contributed by atoms with van der Waals surface area (Å²) in [5, 5.41) is 0. The van der Waals surface area contributed by atoms with Gasteiger partial charge in [-0.15, -0.1) is 0 Å². The predicted molar refractivity (Wildman–Crippen MR) is 81.8 cm³/mol. The summed E-state index contributed by atoms with van der Waals surface area (Å²) in [4.78, 5) is 4.39. The molecular formula is C16H21N3. The first-order chi connectivity index (χ1) is 9.11. The summed E-state index contributed by atoms with van der Waals surface area (Å²) in [5.74, 6) is 0.434. The van der Waals surface area contributed by atoms with Gasteiger partial charge in [0.15, 0.2) is 0 Å². The maximum absolute atomic E-state index is 6.01. The molecule has 100 valence electrons. The highest BCUT2D eigenvalue weighted by Crippen LogP contribution is 2.27. The third-order valence-corrected chi connectivity index (χ3v) is 3.32. The third-order valence-electron chi connectivity index (χ3n) is 3.32. The molecule has 0 amide bonds. The fraction of sp³-hybridized carbons (Fsp3) is 0.312. The molecule has 0 saturated heterocycles. The molecule has 0 bridgehead atoms. The van der Waals surface area contributed by atoms with Crippen LogP contribution < -0.4 is 11.5 Å². The van der Waals surface area contributed by atoms with Gasteiger partial charge >= 0.3 is 0 Å². The van der Waals surface area contributed by atoms with Crippen LogP contribution in [0.2, 0.25) is 0 Å². The van der Waals surface area contributed by atoms with Crippen molar-refractivity contribution in [2.75, 3.05) is 11.5 Å². The van der Waals surface area contributed by atoms with Crippen LogP contribution in [0.3, 0.4) is 0 Å². The summed E-state index contributed by atoms with van der Waals surface area (Å²) in [6.45, 7) is 4.24. The van der Waals surface area contributed by atoms with E-state index in [0.29, 0.717) is 11.5 Å². The molecule has 1 aromatic heterocycles. The second kappa shape index (κ2) is 5.74. The van der Waals surface area contributed by atoms with Gasteiger partial charge in [-0.05, 0) is 31.4 Å². The van der Waals surface area contributed by atoms with Gasteiger partial charge in [-0.1, -0.05) is 43.2 Å². The lowest BCUT2D eigenvalue weighted by Crippen LogP contribution is -2.04. The summed E-state index contributed by atoms with van der Waals surface area (Å²) in [6.07, 6.45) is 3.20. The number of nitrogens with two attached hydrogens (primary N) is 2. The fourth-order valence-electron chi connectivity index (χ4n) is 2.08. The lowest BCUT2D eigenvalue weighted by molar-refractivity contribution is 0.796. The Balaban J connectivity index is 2.40. The van der Waals surface area contributed by atoms with Crippen LogP contribution in [-0.2, 0) is 6.42 Å². The first-order valence-electron chi connectivity index (χ1n) is 6.73. The number of unbranched alkanes of at least 4 members (excludes halogenated alkanes) is 1. The molecule has 0 atom stereocenters. The maximum atomic E-state index is 6.01. The largest absolute Gasteiger partial charge is 0.396 e. The summed E-state index contributed by atoms with van der Waals surface area (Å²) < 4.78 is 0. The van der Waals surface area contributed by atoms with E-state index in [1.165, 1.54) is 5.56 Å². The molecule has 0 aliphatic heterocycles. The highest BCUT2D eigenvalue weighted by molar-refractivity contribution is 5.71. The number of pyridine rings is 1. The first-order valence-corrected chi connectivity index (χ1v) is 6.73. The molecular weight excluding hydrogens is 234 g/mol. The van der Waals surface area contributed by atoms with Gasteiger partial charge in [0.2, 0.25) is 0 Å². The van der Waals surface area contributed by atoms with Crippen LogP contribution in [0.5, 0.6) is 0 Å². The van der Waals surface area contributed by atoms with Crippen molar-refractivity contribution in [3.05, 3.63) is 41.5 Å². The smallest absolute Gasteiger partial charge is 0.147 e. The Kier molecular flexibility index (Phi) is 4.05. The van der Waals surface area contributed by atoms with E-state index in [0.717, 1.165) is 36.1 Å². The van der Waals surface area contributed by atoms with E-state index < -0.39 is 0 Å². The Morgan fingerprint density at radius 1 is 1.11 bits per heavy atom. The molecule has 19 heavy (non-hydrogen) atoms. The minimum Gasteiger partial charge on any atom is -0.396 e. The molecule has 0 radical (unpaired) electrons. The first kappa shape index (κ1) is 13.4. The van der Waals surface area contributed by atoms with E-state index in [9.17, 15) is 0 Å². The summed E-state index contributed by atoms with van der Waals surface area (Å²) in [5.41, 5.74) is 16.9. The minimum absolute atomic E-state index is 0.434. The quantitative estimate of drug-likeness (QED) is 0.877. The van der Waals surface area contributed by atoms with Crippen molar-refractivity contribution in [1.82, 2.24) is 4.98 Å². The van der Waals surface area contributed by atoms with Gasteiger partial charge in [-0.25, -0.2) is 4.98 Å². The number of rotatable bonds is 4. The molecule has 0 fully saturated rings. The van der Waals surface area contributed by atoms with Gasteiger partial charge in [0.05, 0.1) is 11.4 Å². The Labute approximate surface area is 114 Å². The number of aromatic nitrogens is 1. The number of aryl methyl sites for hydroxylation is 2. The lowest BCUT2D eigenvalue weighted by Gasteiger charge is -2.11. The third kappa shape index (κ3) is 3.05. The van der Waals surface area contributed by atoms with Gasteiger partial charge in [0.1, 0.15) is 5.82 Å². The van der Waals surface area contributed by atoms with Crippen LogP contribution in [0.15, 0.2) is 30.3 Å². The molecule has 2 aromatic rings. The number of hydrogen-bond donors (Lipinski definition) is 2. The molecule has 2 rings (SSSR count). The van der Waals surface area contributed by atoms with E-state index >= 15 is 0 Å². The molecule has 4 N–H and O–H groups in total. The monoisotopic (exact) mass is 255 g/mol. The van der Waals surface area contributed by atoms with Gasteiger partial charge in [0, 0.05) is 5.56 Å². The van der Waals surface area contributed by atoms with Crippen molar-refractivity contribution in [1.29, 1.82) is 0 Å². The highest BCUT2D eigenvalue weighted by atomic mass is 14.9. The molecule has 0 saturated carbocycles. The molecule has 3 nitrogen and oxygen atoms in total. The molecule has 0 unspecified atom stereocenters. The Bertz CT molecular complexity index is 559. The predicted octanol–water partition coefficient (Wildman–Crippen LogP) is 3.56. The second-order valence-electron chi connectivity index (χ2n) is 4.94. The number of nitrogen functional groups attached to an aromatic ring is 2. The number of nitrogens with zero attached hydrogens (tertiary/aromatic N) is 1. The van der Waals surface area contributed by atoms with Gasteiger partial charge in [-0.3, -0.25) is 0 Å². The highest BCUT2D eigenvalue weighted by Gasteiger charge is 2.08. The lowest BCUT2D eigenvalue weighted by atomic mass is 10.0. The average Bonchev–Trinajstić information content (AvgIpc) is 2.41. The molecule has 1 heterocycles. The zero-order valence-corrected chi connectivity index (χ0v) is 11.6. The number of anilines is 2. The number of hydrogen-bond acceptors (Lipinski definition) is 3. The SMILES string of the molecule is CCCCc1cc(-c2ccc(C)cc2)nc(N)c1N. The van der Waals surface area contributed by atoms with Gasteiger partial charge < -0.3 is 11.5 Å². The topological polar surface area (TPSA) is 64.9 Å². The zero-order chi connectivity index (χ0) is 13.8.